The van der Waals surface area contributed by atoms with Crippen LogP contribution >= 0.6 is 0 Å². The number of nitrogens with one attached hydrogen (secondary N) is 2. The van der Waals surface area contributed by atoms with Gasteiger partial charge < -0.3 is 19.5 Å². The predicted octanol–water partition coefficient (Wildman–Crippen LogP) is -0.559. The lowest BCUT2D eigenvalue weighted by Crippen LogP contribution is -2.58. The van der Waals surface area contributed by atoms with Crippen LogP contribution in [0.3, 0.4) is 0 Å². The van der Waals surface area contributed by atoms with E-state index in [9.17, 15) is 18.8 Å². The molecule has 2 N–H and O–H groups in total. The molecule has 0 aliphatic heterocycles. The summed E-state index contributed by atoms with van der Waals surface area (Å²) in [5.74, 6) is -1.23. The number of halogens is 1. The molecule has 0 spiro atoms. The molecule has 4 unspecified atom stereocenters. The Morgan fingerprint density at radius 2 is 1.88 bits per heavy atom. The van der Waals surface area contributed by atoms with Crippen molar-refractivity contribution in [1.29, 1.82) is 0 Å². The van der Waals surface area contributed by atoms with E-state index in [-0.39, 0.29) is 6.10 Å². The lowest BCUT2D eigenvalue weighted by Gasteiger charge is -2.40. The van der Waals surface area contributed by atoms with Crippen molar-refractivity contribution in [2.45, 2.75) is 37.2 Å². The van der Waals surface area contributed by atoms with Gasteiger partial charge in [0.2, 0.25) is 5.82 Å². The molecule has 1 aliphatic carbocycles. The van der Waals surface area contributed by atoms with Gasteiger partial charge in [-0.25, -0.2) is 14.2 Å². The Hall–Kier alpha value is -2.04. The van der Waals surface area contributed by atoms with Crippen molar-refractivity contribution in [2.24, 2.45) is 0 Å². The zero-order valence-corrected chi connectivity index (χ0v) is 13.6. The van der Waals surface area contributed by atoms with E-state index in [1.54, 1.807) is 12.1 Å². The number of rotatable bonds is 4. The molecule has 1 saturated carbocycles. The summed E-state index contributed by atoms with van der Waals surface area (Å²) in [4.78, 5) is 36.6. The topological polar surface area (TPSA) is 112 Å². The van der Waals surface area contributed by atoms with Crippen LogP contribution in [0.2, 0.25) is 0 Å². The van der Waals surface area contributed by atoms with Gasteiger partial charge in [0.05, 0.1) is 18.3 Å². The molecule has 0 bridgehead atoms. The molecule has 0 aromatic carbocycles. The Balaban J connectivity index is 2.20. The third-order valence-corrected chi connectivity index (χ3v) is 4.12. The number of carbonyl (C=O) groups is 1. The van der Waals surface area contributed by atoms with Gasteiger partial charge in [-0.05, 0) is 12.8 Å². The van der Waals surface area contributed by atoms with E-state index in [1.807, 2.05) is 0 Å². The molecule has 2 rings (SSSR count). The normalized spacial score (nSPS) is 27.0. The van der Waals surface area contributed by atoms with Gasteiger partial charge in [0.25, 0.3) is 5.56 Å². The van der Waals surface area contributed by atoms with Crippen LogP contribution in [0.5, 0.6) is 0 Å². The number of ether oxygens (including phenoxy) is 3. The molecule has 1 amide bonds. The zero-order valence-electron chi connectivity index (χ0n) is 13.6. The quantitative estimate of drug-likeness (QED) is 0.757. The van der Waals surface area contributed by atoms with Crippen molar-refractivity contribution < 1.29 is 23.4 Å². The van der Waals surface area contributed by atoms with Crippen molar-refractivity contribution >= 4 is 6.03 Å². The number of aromatic amines is 1. The third kappa shape index (κ3) is 3.55. The monoisotopic (exact) mass is 345 g/mol. The van der Waals surface area contributed by atoms with Crippen LogP contribution in [0, 0.1) is 5.82 Å². The number of hydrogen-bond acceptors (Lipinski definition) is 6. The van der Waals surface area contributed by atoms with Gasteiger partial charge in [-0.1, -0.05) is 0 Å². The van der Waals surface area contributed by atoms with Crippen LogP contribution in [0.1, 0.15) is 12.8 Å². The molecule has 10 heteroatoms. The van der Waals surface area contributed by atoms with Crippen LogP contribution in [-0.2, 0) is 14.2 Å². The molecule has 1 aromatic rings. The summed E-state index contributed by atoms with van der Waals surface area (Å²) >= 11 is 0. The maximum absolute atomic E-state index is 13.3. The number of aromatic nitrogens is 2. The van der Waals surface area contributed by atoms with Gasteiger partial charge >= 0.3 is 11.7 Å². The molecule has 9 nitrogen and oxygen atoms in total. The number of nitrogens with zero attached hydrogens (tertiary/aromatic N) is 1. The van der Waals surface area contributed by atoms with Gasteiger partial charge in [0.1, 0.15) is 12.2 Å². The standard InChI is InChI=1S/C14H20FN3O6/c1-22-9-5-4-8(10(23-2)11(9)24-3)16-13(20)18-6-7(15)12(19)17-14(18)21/h6,8-11H,4-5H2,1-3H3,(H,16,20)(H,17,19,21). The fraction of sp³-hybridized carbons (Fsp3) is 0.643. The van der Waals surface area contributed by atoms with E-state index < -0.39 is 41.3 Å². The first-order valence-corrected chi connectivity index (χ1v) is 7.33. The summed E-state index contributed by atoms with van der Waals surface area (Å²) in [6.45, 7) is 0. The summed E-state index contributed by atoms with van der Waals surface area (Å²) in [7, 11) is 4.54. The zero-order chi connectivity index (χ0) is 17.9. The van der Waals surface area contributed by atoms with Crippen molar-refractivity contribution in [3.63, 3.8) is 0 Å². The number of hydrogen-bond donors (Lipinski definition) is 2. The summed E-state index contributed by atoms with van der Waals surface area (Å²) in [6, 6.07) is -1.34. The SMILES string of the molecule is COC1CCC(NC(=O)n2cc(F)c(=O)[nH]c2=O)C(OC)C1OC. The van der Waals surface area contributed by atoms with E-state index >= 15 is 0 Å². The van der Waals surface area contributed by atoms with E-state index in [1.165, 1.54) is 14.2 Å². The van der Waals surface area contributed by atoms with Crippen molar-refractivity contribution in [1.82, 2.24) is 14.9 Å². The van der Waals surface area contributed by atoms with Gasteiger partial charge in [-0.15, -0.1) is 0 Å². The molecule has 24 heavy (non-hydrogen) atoms. The van der Waals surface area contributed by atoms with Gasteiger partial charge in [0, 0.05) is 21.3 Å². The van der Waals surface area contributed by atoms with Crippen LogP contribution in [0.4, 0.5) is 9.18 Å². The second-order valence-corrected chi connectivity index (χ2v) is 5.41. The summed E-state index contributed by atoms with van der Waals surface area (Å²) in [6.07, 6.45) is 0.551. The molecular formula is C14H20FN3O6. The Morgan fingerprint density at radius 3 is 2.46 bits per heavy atom. The number of carbonyl (C=O) groups excluding carboxylic acids is 1. The first kappa shape index (κ1) is 18.3. The lowest BCUT2D eigenvalue weighted by molar-refractivity contribution is -0.137. The van der Waals surface area contributed by atoms with E-state index in [0.717, 1.165) is 0 Å². The highest BCUT2D eigenvalue weighted by molar-refractivity contribution is 5.76. The molecule has 4 atom stereocenters. The van der Waals surface area contributed by atoms with Crippen molar-refractivity contribution in [3.8, 4) is 0 Å². The minimum Gasteiger partial charge on any atom is -0.379 e. The number of H-pyrrole nitrogens is 1. The summed E-state index contributed by atoms with van der Waals surface area (Å²) in [5.41, 5.74) is -2.21. The fourth-order valence-electron chi connectivity index (χ4n) is 2.93. The van der Waals surface area contributed by atoms with Crippen LogP contribution < -0.4 is 16.6 Å². The van der Waals surface area contributed by atoms with Gasteiger partial charge in [0.15, 0.2) is 0 Å². The number of methoxy groups -OCH3 is 3. The Bertz CT molecular complexity index is 702. The minimum absolute atomic E-state index is 0.193. The van der Waals surface area contributed by atoms with E-state index in [2.05, 4.69) is 5.32 Å². The molecular weight excluding hydrogens is 325 g/mol. The highest BCUT2D eigenvalue weighted by atomic mass is 19.1. The summed E-state index contributed by atoms with van der Waals surface area (Å²) in [5, 5.41) is 2.61. The van der Waals surface area contributed by atoms with E-state index in [4.69, 9.17) is 14.2 Å². The molecule has 134 valence electrons. The molecule has 1 heterocycles. The van der Waals surface area contributed by atoms with E-state index in [0.29, 0.717) is 23.6 Å². The predicted molar refractivity (Wildman–Crippen MR) is 80.6 cm³/mol. The van der Waals surface area contributed by atoms with Crippen LogP contribution in [0.15, 0.2) is 15.8 Å². The summed E-state index contributed by atoms with van der Waals surface area (Å²) < 4.78 is 29.9. The lowest BCUT2D eigenvalue weighted by atomic mass is 9.87. The van der Waals surface area contributed by atoms with Gasteiger partial charge in [-0.3, -0.25) is 9.78 Å². The molecule has 0 radical (unpaired) electrons. The molecule has 1 aromatic heterocycles. The second kappa shape index (κ2) is 7.69. The Kier molecular flexibility index (Phi) is 5.86. The molecule has 0 saturated heterocycles. The van der Waals surface area contributed by atoms with Crippen LogP contribution in [0.25, 0.3) is 0 Å². The first-order valence-electron chi connectivity index (χ1n) is 7.33. The average molecular weight is 345 g/mol. The Labute approximate surface area is 136 Å². The van der Waals surface area contributed by atoms with Crippen molar-refractivity contribution in [2.75, 3.05) is 21.3 Å². The maximum atomic E-state index is 13.3. The fourth-order valence-corrected chi connectivity index (χ4v) is 2.93. The third-order valence-electron chi connectivity index (χ3n) is 4.12. The Morgan fingerprint density at radius 1 is 1.21 bits per heavy atom. The number of amides is 1. The minimum atomic E-state index is -1.23. The first-order chi connectivity index (χ1) is 11.4. The van der Waals surface area contributed by atoms with Gasteiger partial charge in [-0.2, -0.15) is 4.39 Å². The molecule has 1 fully saturated rings. The van der Waals surface area contributed by atoms with Crippen LogP contribution in [-0.4, -0.2) is 61.3 Å². The second-order valence-electron chi connectivity index (χ2n) is 5.41. The highest BCUT2D eigenvalue weighted by Crippen LogP contribution is 2.26. The van der Waals surface area contributed by atoms with Crippen molar-refractivity contribution in [3.05, 3.63) is 32.9 Å². The maximum Gasteiger partial charge on any atom is 0.336 e. The molecule has 1 aliphatic rings. The largest absolute Gasteiger partial charge is 0.379 e. The average Bonchev–Trinajstić information content (AvgIpc) is 2.57. The highest BCUT2D eigenvalue weighted by Gasteiger charge is 2.41. The smallest absolute Gasteiger partial charge is 0.336 e.